The van der Waals surface area contributed by atoms with Crippen molar-refractivity contribution in [3.63, 3.8) is 0 Å². The first-order chi connectivity index (χ1) is 8.78. The predicted octanol–water partition coefficient (Wildman–Crippen LogP) is 2.93. The number of pyridine rings is 1. The monoisotopic (exact) mass is 307 g/mol. The van der Waals surface area contributed by atoms with Gasteiger partial charge in [-0.1, -0.05) is 6.07 Å². The normalized spacial score (nSPS) is 10.1. The summed E-state index contributed by atoms with van der Waals surface area (Å²) >= 11 is 3.38. The van der Waals surface area contributed by atoms with Crippen molar-refractivity contribution in [1.82, 2.24) is 4.98 Å². The summed E-state index contributed by atoms with van der Waals surface area (Å²) in [5.74, 6) is 0.799. The van der Waals surface area contributed by atoms with Crippen molar-refractivity contribution in [2.24, 2.45) is 5.73 Å². The number of hydrogen-bond donors (Lipinski definition) is 2. The second-order valence-corrected chi connectivity index (χ2v) is 4.60. The van der Waals surface area contributed by atoms with E-state index in [9.17, 15) is 0 Å². The van der Waals surface area contributed by atoms with Crippen LogP contribution in [0.25, 0.3) is 0 Å². The maximum absolute atomic E-state index is 5.47. The van der Waals surface area contributed by atoms with Gasteiger partial charge in [0.1, 0.15) is 12.4 Å². The number of anilines is 2. The van der Waals surface area contributed by atoms with Crippen LogP contribution in [0, 0.1) is 0 Å². The van der Waals surface area contributed by atoms with E-state index in [0.29, 0.717) is 13.2 Å². The molecule has 1 aromatic carbocycles. The fourth-order valence-electron chi connectivity index (χ4n) is 1.49. The number of benzene rings is 1. The van der Waals surface area contributed by atoms with Gasteiger partial charge in [0.05, 0.1) is 11.9 Å². The average Bonchev–Trinajstić information content (AvgIpc) is 2.37. The molecule has 0 saturated carbocycles. The van der Waals surface area contributed by atoms with Gasteiger partial charge in [0.2, 0.25) is 0 Å². The molecule has 0 aliphatic heterocycles. The molecule has 0 fully saturated rings. The number of aromatic nitrogens is 1. The van der Waals surface area contributed by atoms with Crippen molar-refractivity contribution in [2.45, 2.75) is 0 Å². The van der Waals surface area contributed by atoms with Crippen molar-refractivity contribution >= 4 is 27.3 Å². The lowest BCUT2D eigenvalue weighted by Gasteiger charge is -2.09. The predicted molar refractivity (Wildman–Crippen MR) is 76.2 cm³/mol. The molecule has 5 heteroatoms. The van der Waals surface area contributed by atoms with Crippen molar-refractivity contribution in [1.29, 1.82) is 0 Å². The van der Waals surface area contributed by atoms with Crippen LogP contribution in [0.3, 0.4) is 0 Å². The van der Waals surface area contributed by atoms with Gasteiger partial charge in [-0.25, -0.2) is 0 Å². The summed E-state index contributed by atoms with van der Waals surface area (Å²) in [6.45, 7) is 1.02. The fraction of sp³-hybridized carbons (Fsp3) is 0.154. The van der Waals surface area contributed by atoms with E-state index in [1.54, 1.807) is 12.4 Å². The highest BCUT2D eigenvalue weighted by Crippen LogP contribution is 2.22. The molecule has 2 rings (SSSR count). The van der Waals surface area contributed by atoms with Crippen molar-refractivity contribution in [2.75, 3.05) is 18.5 Å². The molecule has 4 nitrogen and oxygen atoms in total. The third-order valence-corrected chi connectivity index (χ3v) is 2.65. The maximum atomic E-state index is 5.47. The lowest BCUT2D eigenvalue weighted by Crippen LogP contribution is -2.10. The minimum Gasteiger partial charge on any atom is -0.492 e. The highest BCUT2D eigenvalue weighted by molar-refractivity contribution is 9.10. The largest absolute Gasteiger partial charge is 0.492 e. The molecular formula is C13H14BrN3O. The minimum absolute atomic E-state index is 0.507. The van der Waals surface area contributed by atoms with Crippen LogP contribution in [0.1, 0.15) is 0 Å². The third-order valence-electron chi connectivity index (χ3n) is 2.21. The van der Waals surface area contributed by atoms with E-state index in [1.165, 1.54) is 0 Å². The maximum Gasteiger partial charge on any atom is 0.121 e. The molecule has 0 aliphatic rings. The van der Waals surface area contributed by atoms with Crippen LogP contribution in [0.5, 0.6) is 5.75 Å². The van der Waals surface area contributed by atoms with Gasteiger partial charge < -0.3 is 15.8 Å². The number of rotatable bonds is 5. The van der Waals surface area contributed by atoms with E-state index in [-0.39, 0.29) is 0 Å². The van der Waals surface area contributed by atoms with Gasteiger partial charge >= 0.3 is 0 Å². The van der Waals surface area contributed by atoms with E-state index in [1.807, 2.05) is 30.3 Å². The van der Waals surface area contributed by atoms with Gasteiger partial charge in [-0.15, -0.1) is 0 Å². The van der Waals surface area contributed by atoms with Gasteiger partial charge in [0.15, 0.2) is 0 Å². The molecule has 0 atom stereocenters. The quantitative estimate of drug-likeness (QED) is 0.891. The van der Waals surface area contributed by atoms with Crippen LogP contribution >= 0.6 is 15.9 Å². The number of ether oxygens (including phenoxy) is 1. The van der Waals surface area contributed by atoms with Crippen LogP contribution in [0.4, 0.5) is 11.4 Å². The zero-order valence-electron chi connectivity index (χ0n) is 9.77. The van der Waals surface area contributed by atoms with Crippen LogP contribution in [0.2, 0.25) is 0 Å². The Morgan fingerprint density at radius 2 is 2.11 bits per heavy atom. The van der Waals surface area contributed by atoms with E-state index >= 15 is 0 Å². The molecule has 1 heterocycles. The molecule has 18 heavy (non-hydrogen) atoms. The highest BCUT2D eigenvalue weighted by Gasteiger charge is 1.98. The summed E-state index contributed by atoms with van der Waals surface area (Å²) in [6.07, 6.45) is 3.50. The average molecular weight is 308 g/mol. The Morgan fingerprint density at radius 3 is 2.89 bits per heavy atom. The Labute approximate surface area is 114 Å². The topological polar surface area (TPSA) is 60.2 Å². The zero-order valence-corrected chi connectivity index (χ0v) is 11.4. The van der Waals surface area contributed by atoms with Crippen molar-refractivity contribution in [3.8, 4) is 5.75 Å². The molecule has 0 aliphatic carbocycles. The number of nitrogens with one attached hydrogen (secondary N) is 1. The molecule has 2 aromatic rings. The van der Waals surface area contributed by atoms with Gasteiger partial charge in [0, 0.05) is 29.0 Å². The smallest absolute Gasteiger partial charge is 0.121 e. The summed E-state index contributed by atoms with van der Waals surface area (Å²) in [5, 5.41) is 3.26. The molecule has 0 spiro atoms. The van der Waals surface area contributed by atoms with E-state index in [0.717, 1.165) is 21.6 Å². The van der Waals surface area contributed by atoms with Crippen LogP contribution in [0.15, 0.2) is 47.2 Å². The van der Waals surface area contributed by atoms with Gasteiger partial charge in [-0.2, -0.15) is 0 Å². The summed E-state index contributed by atoms with van der Waals surface area (Å²) in [7, 11) is 0. The Kier molecular flexibility index (Phi) is 4.55. The molecule has 3 N–H and O–H groups in total. The molecule has 1 aromatic heterocycles. The van der Waals surface area contributed by atoms with E-state index < -0.39 is 0 Å². The lowest BCUT2D eigenvalue weighted by molar-refractivity contribution is 0.328. The number of nitrogens with two attached hydrogens (primary N) is 1. The van der Waals surface area contributed by atoms with Crippen LogP contribution in [-0.2, 0) is 0 Å². The number of nitrogens with zero attached hydrogens (tertiary/aromatic N) is 1. The highest BCUT2D eigenvalue weighted by atomic mass is 79.9. The molecule has 0 radical (unpaired) electrons. The Balaban J connectivity index is 2.09. The molecular weight excluding hydrogens is 294 g/mol. The Hall–Kier alpha value is -1.59. The molecule has 0 amide bonds. The third kappa shape index (κ3) is 3.72. The first kappa shape index (κ1) is 12.9. The summed E-state index contributed by atoms with van der Waals surface area (Å²) in [6, 6.07) is 9.69. The van der Waals surface area contributed by atoms with Crippen molar-refractivity contribution in [3.05, 3.63) is 47.2 Å². The SMILES string of the molecule is NCCOc1cccc(Nc2cncc(Br)c2)c1. The standard InChI is InChI=1S/C13H14BrN3O/c14-10-6-12(9-16-8-10)17-11-2-1-3-13(7-11)18-5-4-15/h1-3,6-9,17H,4-5,15H2. The van der Waals surface area contributed by atoms with E-state index in [2.05, 4.69) is 26.2 Å². The summed E-state index contributed by atoms with van der Waals surface area (Å²) in [4.78, 5) is 4.10. The fourth-order valence-corrected chi connectivity index (χ4v) is 1.85. The number of hydrogen-bond acceptors (Lipinski definition) is 4. The minimum atomic E-state index is 0.507. The Bertz CT molecular complexity index is 519. The summed E-state index contributed by atoms with van der Waals surface area (Å²) in [5.41, 5.74) is 7.27. The molecule has 0 saturated heterocycles. The van der Waals surface area contributed by atoms with Crippen molar-refractivity contribution < 1.29 is 4.74 Å². The first-order valence-electron chi connectivity index (χ1n) is 5.58. The lowest BCUT2D eigenvalue weighted by atomic mass is 10.3. The summed E-state index contributed by atoms with van der Waals surface area (Å²) < 4.78 is 6.40. The van der Waals surface area contributed by atoms with Gasteiger partial charge in [-0.3, -0.25) is 4.98 Å². The zero-order chi connectivity index (χ0) is 12.8. The molecule has 0 bridgehead atoms. The second-order valence-electron chi connectivity index (χ2n) is 3.68. The molecule has 94 valence electrons. The number of halogens is 1. The van der Waals surface area contributed by atoms with Gasteiger partial charge in [0.25, 0.3) is 0 Å². The van der Waals surface area contributed by atoms with Gasteiger partial charge in [-0.05, 0) is 34.1 Å². The second kappa shape index (κ2) is 6.37. The first-order valence-corrected chi connectivity index (χ1v) is 6.38. The van der Waals surface area contributed by atoms with Crippen LogP contribution in [-0.4, -0.2) is 18.1 Å². The Morgan fingerprint density at radius 1 is 1.22 bits per heavy atom. The van der Waals surface area contributed by atoms with Crippen LogP contribution < -0.4 is 15.8 Å². The van der Waals surface area contributed by atoms with E-state index in [4.69, 9.17) is 10.5 Å². The molecule has 0 unspecified atom stereocenters.